The molecule has 0 aliphatic rings. The third-order valence-electron chi connectivity index (χ3n) is 2.15. The summed E-state index contributed by atoms with van der Waals surface area (Å²) >= 11 is 1.97. The van der Waals surface area contributed by atoms with Crippen molar-refractivity contribution in [1.29, 1.82) is 0 Å². The number of hydrogen-bond donors (Lipinski definition) is 2. The van der Waals surface area contributed by atoms with Crippen molar-refractivity contribution in [3.05, 3.63) is 18.5 Å². The Balaban J connectivity index is 2.37. The van der Waals surface area contributed by atoms with E-state index >= 15 is 0 Å². The van der Waals surface area contributed by atoms with Crippen LogP contribution in [-0.2, 0) is 0 Å². The first kappa shape index (κ1) is 12.2. The molecule has 1 rings (SSSR count). The Bertz CT molecular complexity index is 291. The minimum Gasteiger partial charge on any atom is -0.396 e. The fraction of sp³-hybridized carbons (Fsp3) is 0.545. The van der Waals surface area contributed by atoms with Crippen molar-refractivity contribution in [3.63, 3.8) is 0 Å². The summed E-state index contributed by atoms with van der Waals surface area (Å²) in [5.41, 5.74) is 7.49. The van der Waals surface area contributed by atoms with Gasteiger partial charge in [0.15, 0.2) is 0 Å². The minimum absolute atomic E-state index is 0.453. The Labute approximate surface area is 95.9 Å². The predicted octanol–water partition coefficient (Wildman–Crippen LogP) is 2.61. The van der Waals surface area contributed by atoms with Crippen LogP contribution in [0.5, 0.6) is 0 Å². The van der Waals surface area contributed by atoms with Gasteiger partial charge in [0.25, 0.3) is 0 Å². The second kappa shape index (κ2) is 6.56. The fourth-order valence-electron chi connectivity index (χ4n) is 1.28. The molecule has 1 atom stereocenters. The molecule has 1 aromatic rings. The summed E-state index contributed by atoms with van der Waals surface area (Å²) in [7, 11) is 0. The highest BCUT2D eigenvalue weighted by Gasteiger charge is 2.03. The molecule has 0 saturated carbocycles. The molecule has 0 radical (unpaired) electrons. The topological polar surface area (TPSA) is 50.9 Å². The van der Waals surface area contributed by atoms with Crippen LogP contribution < -0.4 is 11.1 Å². The lowest BCUT2D eigenvalue weighted by atomic mass is 10.2. The smallest absolute Gasteiger partial charge is 0.0736 e. The van der Waals surface area contributed by atoms with E-state index in [1.807, 2.05) is 17.8 Å². The maximum atomic E-state index is 5.79. The maximum Gasteiger partial charge on any atom is 0.0736 e. The van der Waals surface area contributed by atoms with Crippen molar-refractivity contribution in [2.75, 3.05) is 22.6 Å². The molecule has 0 aliphatic heterocycles. The highest BCUT2D eigenvalue weighted by Crippen LogP contribution is 2.17. The monoisotopic (exact) mass is 225 g/mol. The van der Waals surface area contributed by atoms with Gasteiger partial charge in [-0.3, -0.25) is 4.98 Å². The van der Waals surface area contributed by atoms with E-state index in [2.05, 4.69) is 24.1 Å². The molecule has 0 amide bonds. The summed E-state index contributed by atoms with van der Waals surface area (Å²) in [6, 6.07) is 2.37. The fourth-order valence-corrected chi connectivity index (χ4v) is 2.09. The second-order valence-corrected chi connectivity index (χ2v) is 4.89. The lowest BCUT2D eigenvalue weighted by Gasteiger charge is -2.15. The molecular formula is C11H19N3S. The molecule has 3 N–H and O–H groups in total. The molecule has 1 heterocycles. The van der Waals surface area contributed by atoms with Gasteiger partial charge >= 0.3 is 0 Å². The van der Waals surface area contributed by atoms with Gasteiger partial charge < -0.3 is 11.1 Å². The Morgan fingerprint density at radius 3 is 3.07 bits per heavy atom. The molecule has 1 unspecified atom stereocenters. The van der Waals surface area contributed by atoms with Crippen molar-refractivity contribution >= 4 is 23.1 Å². The normalized spacial score (nSPS) is 12.4. The van der Waals surface area contributed by atoms with Gasteiger partial charge in [-0.1, -0.05) is 6.92 Å². The van der Waals surface area contributed by atoms with Gasteiger partial charge in [0.05, 0.1) is 17.6 Å². The van der Waals surface area contributed by atoms with Crippen LogP contribution in [0.15, 0.2) is 18.5 Å². The predicted molar refractivity (Wildman–Crippen MR) is 69.4 cm³/mol. The summed E-state index contributed by atoms with van der Waals surface area (Å²) in [5, 5.41) is 3.39. The SMILES string of the molecule is CCSCCC(C)Nc1ccncc1N. The number of nitrogens with one attached hydrogen (secondary N) is 1. The first-order valence-corrected chi connectivity index (χ1v) is 6.43. The summed E-state index contributed by atoms with van der Waals surface area (Å²) in [5.74, 6) is 2.37. The third-order valence-corrected chi connectivity index (χ3v) is 3.09. The minimum atomic E-state index is 0.453. The van der Waals surface area contributed by atoms with Crippen LogP contribution in [0.4, 0.5) is 11.4 Å². The van der Waals surface area contributed by atoms with E-state index in [0.717, 1.165) is 12.1 Å². The van der Waals surface area contributed by atoms with Gasteiger partial charge in [-0.25, -0.2) is 0 Å². The molecule has 1 aromatic heterocycles. The van der Waals surface area contributed by atoms with Crippen molar-refractivity contribution in [1.82, 2.24) is 4.98 Å². The largest absolute Gasteiger partial charge is 0.396 e. The summed E-state index contributed by atoms with van der Waals surface area (Å²) in [4.78, 5) is 3.96. The molecule has 84 valence electrons. The standard InChI is InChI=1S/C11H19N3S/c1-3-15-7-5-9(2)14-11-4-6-13-8-10(11)12/h4,6,8-9H,3,5,7,12H2,1-2H3,(H,13,14). The van der Waals surface area contributed by atoms with Gasteiger partial charge in [-0.05, 0) is 30.9 Å². The molecule has 0 aliphatic carbocycles. The zero-order valence-electron chi connectivity index (χ0n) is 9.36. The lowest BCUT2D eigenvalue weighted by Crippen LogP contribution is -2.17. The van der Waals surface area contributed by atoms with E-state index in [4.69, 9.17) is 5.73 Å². The van der Waals surface area contributed by atoms with Crippen molar-refractivity contribution in [2.45, 2.75) is 26.3 Å². The molecule has 0 saturated heterocycles. The van der Waals surface area contributed by atoms with Crippen LogP contribution in [0.1, 0.15) is 20.3 Å². The number of pyridine rings is 1. The van der Waals surface area contributed by atoms with Crippen molar-refractivity contribution in [3.8, 4) is 0 Å². The number of anilines is 2. The molecule has 15 heavy (non-hydrogen) atoms. The number of nitrogen functional groups attached to an aromatic ring is 1. The van der Waals surface area contributed by atoms with Crippen LogP contribution in [0.25, 0.3) is 0 Å². The van der Waals surface area contributed by atoms with Crippen LogP contribution in [0.2, 0.25) is 0 Å². The van der Waals surface area contributed by atoms with E-state index in [1.54, 1.807) is 12.4 Å². The molecule has 3 nitrogen and oxygen atoms in total. The molecule has 0 aromatic carbocycles. The molecule has 0 fully saturated rings. The summed E-state index contributed by atoms with van der Waals surface area (Å²) in [6.45, 7) is 4.36. The molecule has 0 spiro atoms. The summed E-state index contributed by atoms with van der Waals surface area (Å²) in [6.07, 6.45) is 4.59. The van der Waals surface area contributed by atoms with Gasteiger partial charge in [0.2, 0.25) is 0 Å². The Morgan fingerprint density at radius 2 is 2.40 bits per heavy atom. The highest BCUT2D eigenvalue weighted by atomic mass is 32.2. The first-order valence-electron chi connectivity index (χ1n) is 5.27. The first-order chi connectivity index (χ1) is 7.24. The Morgan fingerprint density at radius 1 is 1.60 bits per heavy atom. The number of aromatic nitrogens is 1. The number of hydrogen-bond acceptors (Lipinski definition) is 4. The molecule has 0 bridgehead atoms. The Kier molecular flexibility index (Phi) is 5.32. The highest BCUT2D eigenvalue weighted by molar-refractivity contribution is 7.99. The zero-order chi connectivity index (χ0) is 11.1. The lowest BCUT2D eigenvalue weighted by molar-refractivity contribution is 0.772. The van der Waals surface area contributed by atoms with Crippen LogP contribution in [-0.4, -0.2) is 22.5 Å². The number of thioether (sulfide) groups is 1. The average molecular weight is 225 g/mol. The molecule has 4 heteroatoms. The van der Waals surface area contributed by atoms with Gasteiger partial charge in [-0.15, -0.1) is 0 Å². The Hall–Kier alpha value is -0.900. The number of nitrogens with two attached hydrogens (primary N) is 1. The van der Waals surface area contributed by atoms with Crippen molar-refractivity contribution in [2.24, 2.45) is 0 Å². The van der Waals surface area contributed by atoms with Crippen LogP contribution in [0.3, 0.4) is 0 Å². The second-order valence-electron chi connectivity index (χ2n) is 3.49. The van der Waals surface area contributed by atoms with Gasteiger partial charge in [0.1, 0.15) is 0 Å². The summed E-state index contributed by atoms with van der Waals surface area (Å²) < 4.78 is 0. The number of nitrogens with zero attached hydrogens (tertiary/aromatic N) is 1. The van der Waals surface area contributed by atoms with E-state index in [9.17, 15) is 0 Å². The van der Waals surface area contributed by atoms with E-state index in [1.165, 1.54) is 11.5 Å². The average Bonchev–Trinajstić information content (AvgIpc) is 2.22. The van der Waals surface area contributed by atoms with Crippen LogP contribution in [0, 0.1) is 0 Å². The van der Waals surface area contributed by atoms with Gasteiger partial charge in [0, 0.05) is 12.2 Å². The third kappa shape index (κ3) is 4.42. The maximum absolute atomic E-state index is 5.79. The van der Waals surface area contributed by atoms with E-state index in [0.29, 0.717) is 11.7 Å². The zero-order valence-corrected chi connectivity index (χ0v) is 10.2. The van der Waals surface area contributed by atoms with E-state index in [-0.39, 0.29) is 0 Å². The number of rotatable bonds is 6. The quantitative estimate of drug-likeness (QED) is 0.731. The van der Waals surface area contributed by atoms with Crippen LogP contribution >= 0.6 is 11.8 Å². The van der Waals surface area contributed by atoms with E-state index < -0.39 is 0 Å². The van der Waals surface area contributed by atoms with Gasteiger partial charge in [-0.2, -0.15) is 11.8 Å². The van der Waals surface area contributed by atoms with Crippen molar-refractivity contribution < 1.29 is 0 Å². The molecular weight excluding hydrogens is 206 g/mol.